The summed E-state index contributed by atoms with van der Waals surface area (Å²) in [6, 6.07) is 10.5. The second-order valence-electron chi connectivity index (χ2n) is 6.06. The van der Waals surface area contributed by atoms with Crippen LogP contribution in [0.1, 0.15) is 51.6 Å². The molecule has 1 aliphatic rings. The molecule has 3 heteroatoms. The molecule has 0 bridgehead atoms. The zero-order valence-corrected chi connectivity index (χ0v) is 14.5. The van der Waals surface area contributed by atoms with Gasteiger partial charge in [0.15, 0.2) is 0 Å². The molecule has 1 saturated heterocycles. The van der Waals surface area contributed by atoms with Gasteiger partial charge in [-0.1, -0.05) is 35.0 Å². The Balaban J connectivity index is 2.15. The van der Waals surface area contributed by atoms with Gasteiger partial charge in [-0.15, -0.1) is 0 Å². The predicted molar refractivity (Wildman–Crippen MR) is 90.0 cm³/mol. The van der Waals surface area contributed by atoms with Gasteiger partial charge in [0.2, 0.25) is 0 Å². The first-order valence-corrected chi connectivity index (χ1v) is 8.65. The van der Waals surface area contributed by atoms with Gasteiger partial charge in [0.25, 0.3) is 0 Å². The first kappa shape index (κ1) is 16.0. The lowest BCUT2D eigenvalue weighted by molar-refractivity contribution is 0.135. The van der Waals surface area contributed by atoms with E-state index >= 15 is 0 Å². The van der Waals surface area contributed by atoms with Gasteiger partial charge in [-0.25, -0.2) is 0 Å². The monoisotopic (exact) mass is 338 g/mol. The summed E-state index contributed by atoms with van der Waals surface area (Å²) in [6.07, 6.45) is 3.80. The van der Waals surface area contributed by atoms with Gasteiger partial charge in [0.1, 0.15) is 0 Å². The number of hydrogen-bond donors (Lipinski definition) is 1. The third-order valence-electron chi connectivity index (χ3n) is 4.28. The molecule has 0 radical (unpaired) electrons. The molecule has 1 aromatic rings. The molecule has 20 heavy (non-hydrogen) atoms. The Kier molecular flexibility index (Phi) is 6.06. The number of benzene rings is 1. The van der Waals surface area contributed by atoms with Gasteiger partial charge < -0.3 is 5.32 Å². The fraction of sp³-hybridized carbons (Fsp3) is 0.647. The quantitative estimate of drug-likeness (QED) is 0.828. The fourth-order valence-corrected chi connectivity index (χ4v) is 3.66. The van der Waals surface area contributed by atoms with E-state index in [4.69, 9.17) is 0 Å². The lowest BCUT2D eigenvalue weighted by Gasteiger charge is -2.36. The van der Waals surface area contributed by atoms with Gasteiger partial charge in [0, 0.05) is 29.1 Å². The molecular weight excluding hydrogens is 312 g/mol. The molecule has 1 heterocycles. The van der Waals surface area contributed by atoms with Crippen molar-refractivity contribution in [2.75, 3.05) is 13.1 Å². The third kappa shape index (κ3) is 4.06. The number of halogens is 1. The second kappa shape index (κ2) is 7.58. The maximum atomic E-state index is 3.63. The minimum absolute atomic E-state index is 0.509. The molecule has 1 fully saturated rings. The molecule has 1 aromatic carbocycles. The predicted octanol–water partition coefficient (Wildman–Crippen LogP) is 4.36. The Hall–Kier alpha value is -0.380. The van der Waals surface area contributed by atoms with Crippen LogP contribution in [0.4, 0.5) is 0 Å². The molecule has 2 rings (SSSR count). The summed E-state index contributed by atoms with van der Waals surface area (Å²) < 4.78 is 1.18. The van der Waals surface area contributed by atoms with E-state index in [-0.39, 0.29) is 0 Å². The largest absolute Gasteiger partial charge is 0.313 e. The summed E-state index contributed by atoms with van der Waals surface area (Å²) in [5.74, 6) is 0. The lowest BCUT2D eigenvalue weighted by atomic mass is 10.00. The van der Waals surface area contributed by atoms with Crippen LogP contribution in [0, 0.1) is 0 Å². The minimum Gasteiger partial charge on any atom is -0.313 e. The molecular formula is C17H27BrN2. The molecule has 0 amide bonds. The Morgan fingerprint density at radius 1 is 1.40 bits per heavy atom. The molecule has 2 unspecified atom stereocenters. The van der Waals surface area contributed by atoms with Crippen LogP contribution >= 0.6 is 15.9 Å². The Morgan fingerprint density at radius 2 is 2.20 bits per heavy atom. The summed E-state index contributed by atoms with van der Waals surface area (Å²) in [7, 11) is 0. The van der Waals surface area contributed by atoms with Crippen molar-refractivity contribution in [1.82, 2.24) is 10.2 Å². The SMILES string of the molecule is CCC(c1cccc(Br)c1)N(CC1CCCN1)C(C)C. The van der Waals surface area contributed by atoms with E-state index in [0.29, 0.717) is 18.1 Å². The normalized spacial score (nSPS) is 20.8. The van der Waals surface area contributed by atoms with Crippen LogP contribution in [0.15, 0.2) is 28.7 Å². The molecule has 0 aromatic heterocycles. The summed E-state index contributed by atoms with van der Waals surface area (Å²) in [4.78, 5) is 2.66. The van der Waals surface area contributed by atoms with Crippen LogP contribution in [0.5, 0.6) is 0 Å². The van der Waals surface area contributed by atoms with Crippen molar-refractivity contribution >= 4 is 15.9 Å². The van der Waals surface area contributed by atoms with Gasteiger partial charge >= 0.3 is 0 Å². The van der Waals surface area contributed by atoms with E-state index < -0.39 is 0 Å². The minimum atomic E-state index is 0.509. The topological polar surface area (TPSA) is 15.3 Å². The van der Waals surface area contributed by atoms with Crippen LogP contribution in [0.2, 0.25) is 0 Å². The maximum absolute atomic E-state index is 3.63. The smallest absolute Gasteiger partial charge is 0.0349 e. The molecule has 1 aliphatic heterocycles. The number of nitrogens with zero attached hydrogens (tertiary/aromatic N) is 1. The van der Waals surface area contributed by atoms with Crippen molar-refractivity contribution in [3.8, 4) is 0 Å². The van der Waals surface area contributed by atoms with E-state index in [9.17, 15) is 0 Å². The summed E-state index contributed by atoms with van der Waals surface area (Å²) >= 11 is 3.60. The van der Waals surface area contributed by atoms with Crippen LogP contribution in [-0.2, 0) is 0 Å². The van der Waals surface area contributed by atoms with Crippen molar-refractivity contribution in [3.63, 3.8) is 0 Å². The number of nitrogens with one attached hydrogen (secondary N) is 1. The Bertz CT molecular complexity index is 413. The number of rotatable bonds is 6. The van der Waals surface area contributed by atoms with Gasteiger partial charge in [-0.2, -0.15) is 0 Å². The van der Waals surface area contributed by atoms with E-state index in [1.54, 1.807) is 0 Å². The molecule has 2 atom stereocenters. The zero-order valence-electron chi connectivity index (χ0n) is 12.9. The third-order valence-corrected chi connectivity index (χ3v) is 4.77. The van der Waals surface area contributed by atoms with Crippen molar-refractivity contribution in [1.29, 1.82) is 0 Å². The Morgan fingerprint density at radius 3 is 2.75 bits per heavy atom. The number of hydrogen-bond acceptors (Lipinski definition) is 2. The van der Waals surface area contributed by atoms with Crippen LogP contribution in [-0.4, -0.2) is 30.1 Å². The second-order valence-corrected chi connectivity index (χ2v) is 6.98. The van der Waals surface area contributed by atoms with E-state index in [1.807, 2.05) is 0 Å². The van der Waals surface area contributed by atoms with Gasteiger partial charge in [0.05, 0.1) is 0 Å². The van der Waals surface area contributed by atoms with E-state index in [2.05, 4.69) is 71.2 Å². The standard InChI is InChI=1S/C17H27BrN2/c1-4-17(14-7-5-8-15(18)11-14)20(13(2)3)12-16-9-6-10-19-16/h5,7-8,11,13,16-17,19H,4,6,9-10,12H2,1-3H3. The highest BCUT2D eigenvalue weighted by molar-refractivity contribution is 9.10. The average molecular weight is 339 g/mol. The molecule has 2 nitrogen and oxygen atoms in total. The first-order valence-electron chi connectivity index (χ1n) is 7.86. The first-order chi connectivity index (χ1) is 9.61. The van der Waals surface area contributed by atoms with Crippen LogP contribution in [0.3, 0.4) is 0 Å². The molecule has 0 spiro atoms. The van der Waals surface area contributed by atoms with Crippen molar-refractivity contribution < 1.29 is 0 Å². The highest BCUT2D eigenvalue weighted by Crippen LogP contribution is 2.29. The van der Waals surface area contributed by atoms with Gasteiger partial charge in [-0.3, -0.25) is 4.90 Å². The van der Waals surface area contributed by atoms with Crippen LogP contribution in [0.25, 0.3) is 0 Å². The molecule has 0 aliphatic carbocycles. The zero-order chi connectivity index (χ0) is 14.5. The average Bonchev–Trinajstić information content (AvgIpc) is 2.91. The highest BCUT2D eigenvalue weighted by Gasteiger charge is 2.25. The summed E-state index contributed by atoms with van der Waals surface area (Å²) in [6.45, 7) is 9.27. The van der Waals surface area contributed by atoms with Crippen LogP contribution < -0.4 is 5.32 Å². The molecule has 112 valence electrons. The fourth-order valence-electron chi connectivity index (χ4n) is 3.24. The van der Waals surface area contributed by atoms with Crippen molar-refractivity contribution in [2.45, 2.75) is 58.2 Å². The van der Waals surface area contributed by atoms with Crippen molar-refractivity contribution in [3.05, 3.63) is 34.3 Å². The summed E-state index contributed by atoms with van der Waals surface area (Å²) in [5, 5.41) is 3.63. The Labute approximate surface area is 132 Å². The molecule has 0 saturated carbocycles. The van der Waals surface area contributed by atoms with E-state index in [1.165, 1.54) is 29.4 Å². The van der Waals surface area contributed by atoms with Gasteiger partial charge in [-0.05, 0) is 57.4 Å². The van der Waals surface area contributed by atoms with Crippen molar-refractivity contribution in [2.24, 2.45) is 0 Å². The lowest BCUT2D eigenvalue weighted by Crippen LogP contribution is -2.43. The summed E-state index contributed by atoms with van der Waals surface area (Å²) in [5.41, 5.74) is 1.42. The van der Waals surface area contributed by atoms with E-state index in [0.717, 1.165) is 13.0 Å². The molecule has 1 N–H and O–H groups in total. The maximum Gasteiger partial charge on any atom is 0.0349 e. The highest BCUT2D eigenvalue weighted by atomic mass is 79.9.